The standard InChI is InChI=1S/C12H13F2N3S/c1-2-15-6-5-11-16-17-12(18-11)9-7-8(13)3-4-10(9)14/h3-4,7,15H,2,5-6H2,1H3. The molecule has 1 N–H and O–H groups in total. The second-order valence-electron chi connectivity index (χ2n) is 3.73. The summed E-state index contributed by atoms with van der Waals surface area (Å²) in [6.07, 6.45) is 0.739. The smallest absolute Gasteiger partial charge is 0.150 e. The Bertz CT molecular complexity index is 528. The average molecular weight is 269 g/mol. The van der Waals surface area contributed by atoms with Crippen molar-refractivity contribution in [3.8, 4) is 10.6 Å². The summed E-state index contributed by atoms with van der Waals surface area (Å²) in [5.41, 5.74) is 0.169. The van der Waals surface area contributed by atoms with Crippen LogP contribution < -0.4 is 5.32 Å². The van der Waals surface area contributed by atoms with Gasteiger partial charge in [-0.05, 0) is 24.7 Å². The van der Waals surface area contributed by atoms with Crippen LogP contribution in [-0.4, -0.2) is 23.3 Å². The molecular formula is C12H13F2N3S. The van der Waals surface area contributed by atoms with Gasteiger partial charge < -0.3 is 5.32 Å². The lowest BCUT2D eigenvalue weighted by Crippen LogP contribution is -2.15. The van der Waals surface area contributed by atoms with Crippen LogP contribution in [0.2, 0.25) is 0 Å². The van der Waals surface area contributed by atoms with Gasteiger partial charge in [0.05, 0.1) is 5.56 Å². The number of benzene rings is 1. The fraction of sp³-hybridized carbons (Fsp3) is 0.333. The second-order valence-corrected chi connectivity index (χ2v) is 4.79. The molecule has 1 heterocycles. The lowest BCUT2D eigenvalue weighted by molar-refractivity contribution is 0.603. The number of likely N-dealkylation sites (N-methyl/N-ethyl adjacent to an activating group) is 1. The first-order chi connectivity index (χ1) is 8.70. The van der Waals surface area contributed by atoms with Gasteiger partial charge in [0.1, 0.15) is 16.6 Å². The fourth-order valence-electron chi connectivity index (χ4n) is 1.50. The van der Waals surface area contributed by atoms with E-state index < -0.39 is 11.6 Å². The van der Waals surface area contributed by atoms with Gasteiger partial charge in [0.15, 0.2) is 5.01 Å². The van der Waals surface area contributed by atoms with Gasteiger partial charge in [-0.1, -0.05) is 18.3 Å². The van der Waals surface area contributed by atoms with E-state index >= 15 is 0 Å². The molecule has 0 fully saturated rings. The van der Waals surface area contributed by atoms with Crippen molar-refractivity contribution >= 4 is 11.3 Å². The molecule has 0 aliphatic heterocycles. The van der Waals surface area contributed by atoms with Crippen LogP contribution in [0.5, 0.6) is 0 Å². The summed E-state index contributed by atoms with van der Waals surface area (Å²) >= 11 is 1.29. The monoisotopic (exact) mass is 269 g/mol. The SMILES string of the molecule is CCNCCc1nnc(-c2cc(F)ccc2F)s1. The summed E-state index contributed by atoms with van der Waals surface area (Å²) in [5, 5.41) is 12.3. The summed E-state index contributed by atoms with van der Waals surface area (Å²) < 4.78 is 26.6. The Morgan fingerprint density at radius 2 is 2.11 bits per heavy atom. The Morgan fingerprint density at radius 3 is 2.89 bits per heavy atom. The van der Waals surface area contributed by atoms with Crippen LogP contribution in [0.1, 0.15) is 11.9 Å². The number of nitrogens with zero attached hydrogens (tertiary/aromatic N) is 2. The molecule has 96 valence electrons. The third-order valence-corrected chi connectivity index (χ3v) is 3.41. The Labute approximate surface area is 108 Å². The van der Waals surface area contributed by atoms with Gasteiger partial charge in [-0.3, -0.25) is 0 Å². The Balaban J connectivity index is 2.16. The highest BCUT2D eigenvalue weighted by Gasteiger charge is 2.12. The van der Waals surface area contributed by atoms with Crippen molar-refractivity contribution in [3.05, 3.63) is 34.8 Å². The Hall–Kier alpha value is -1.40. The fourth-order valence-corrected chi connectivity index (χ4v) is 2.35. The van der Waals surface area contributed by atoms with E-state index in [-0.39, 0.29) is 5.56 Å². The van der Waals surface area contributed by atoms with E-state index in [1.165, 1.54) is 11.3 Å². The molecule has 1 aromatic heterocycles. The molecule has 3 nitrogen and oxygen atoms in total. The largest absolute Gasteiger partial charge is 0.317 e. The van der Waals surface area contributed by atoms with E-state index in [1.54, 1.807) is 0 Å². The minimum absolute atomic E-state index is 0.169. The zero-order chi connectivity index (χ0) is 13.0. The van der Waals surface area contributed by atoms with E-state index in [0.717, 1.165) is 42.7 Å². The van der Waals surface area contributed by atoms with Crippen molar-refractivity contribution < 1.29 is 8.78 Å². The molecule has 18 heavy (non-hydrogen) atoms. The quantitative estimate of drug-likeness (QED) is 0.848. The maximum Gasteiger partial charge on any atom is 0.150 e. The lowest BCUT2D eigenvalue weighted by atomic mass is 10.2. The van der Waals surface area contributed by atoms with Crippen LogP contribution in [0.3, 0.4) is 0 Å². The van der Waals surface area contributed by atoms with Crippen LogP contribution in [0, 0.1) is 11.6 Å². The zero-order valence-corrected chi connectivity index (χ0v) is 10.7. The third kappa shape index (κ3) is 3.08. The molecule has 0 radical (unpaired) electrons. The van der Waals surface area contributed by atoms with Gasteiger partial charge in [0.25, 0.3) is 0 Å². The van der Waals surface area contributed by atoms with Gasteiger partial charge in [-0.15, -0.1) is 10.2 Å². The summed E-state index contributed by atoms with van der Waals surface area (Å²) in [6, 6.07) is 3.33. The highest BCUT2D eigenvalue weighted by molar-refractivity contribution is 7.14. The number of halogens is 2. The van der Waals surface area contributed by atoms with Crippen LogP contribution >= 0.6 is 11.3 Å². The van der Waals surface area contributed by atoms with Crippen LogP contribution in [-0.2, 0) is 6.42 Å². The molecule has 0 saturated carbocycles. The predicted octanol–water partition coefficient (Wildman–Crippen LogP) is 2.64. The summed E-state index contributed by atoms with van der Waals surface area (Å²) in [5.74, 6) is -0.957. The van der Waals surface area contributed by atoms with E-state index in [2.05, 4.69) is 15.5 Å². The third-order valence-electron chi connectivity index (χ3n) is 2.39. The predicted molar refractivity (Wildman–Crippen MR) is 67.5 cm³/mol. The average Bonchev–Trinajstić information content (AvgIpc) is 2.81. The minimum Gasteiger partial charge on any atom is -0.317 e. The number of hydrogen-bond acceptors (Lipinski definition) is 4. The van der Waals surface area contributed by atoms with Crippen molar-refractivity contribution in [2.45, 2.75) is 13.3 Å². The van der Waals surface area contributed by atoms with Crippen LogP contribution in [0.25, 0.3) is 10.6 Å². The normalized spacial score (nSPS) is 10.8. The van der Waals surface area contributed by atoms with Crippen molar-refractivity contribution in [2.75, 3.05) is 13.1 Å². The summed E-state index contributed by atoms with van der Waals surface area (Å²) in [4.78, 5) is 0. The lowest BCUT2D eigenvalue weighted by Gasteiger charge is -1.98. The topological polar surface area (TPSA) is 37.8 Å². The molecule has 1 aromatic carbocycles. The maximum atomic E-state index is 13.5. The number of hydrogen-bond donors (Lipinski definition) is 1. The molecule has 0 amide bonds. The first-order valence-corrected chi connectivity index (χ1v) is 6.51. The highest BCUT2D eigenvalue weighted by atomic mass is 32.1. The van der Waals surface area contributed by atoms with Gasteiger partial charge in [0, 0.05) is 13.0 Å². The van der Waals surface area contributed by atoms with Crippen molar-refractivity contribution in [3.63, 3.8) is 0 Å². The number of rotatable bonds is 5. The van der Waals surface area contributed by atoms with Gasteiger partial charge in [0.2, 0.25) is 0 Å². The van der Waals surface area contributed by atoms with E-state index in [4.69, 9.17) is 0 Å². The highest BCUT2D eigenvalue weighted by Crippen LogP contribution is 2.26. The zero-order valence-electron chi connectivity index (χ0n) is 9.91. The molecule has 0 aliphatic rings. The van der Waals surface area contributed by atoms with Gasteiger partial charge in [-0.25, -0.2) is 8.78 Å². The molecule has 2 rings (SSSR count). The van der Waals surface area contributed by atoms with Gasteiger partial charge in [-0.2, -0.15) is 0 Å². The van der Waals surface area contributed by atoms with Crippen LogP contribution in [0.15, 0.2) is 18.2 Å². The Morgan fingerprint density at radius 1 is 1.28 bits per heavy atom. The van der Waals surface area contributed by atoms with E-state index in [9.17, 15) is 8.78 Å². The first kappa shape index (κ1) is 13.0. The van der Waals surface area contributed by atoms with Gasteiger partial charge >= 0.3 is 0 Å². The molecule has 0 bridgehead atoms. The molecule has 0 saturated heterocycles. The molecule has 2 aromatic rings. The molecule has 0 unspecified atom stereocenters. The summed E-state index contributed by atoms with van der Waals surface area (Å²) in [7, 11) is 0. The van der Waals surface area contributed by atoms with E-state index in [1.807, 2.05) is 6.92 Å². The van der Waals surface area contributed by atoms with E-state index in [0.29, 0.717) is 5.01 Å². The molecule has 0 aliphatic carbocycles. The molecular weight excluding hydrogens is 256 g/mol. The first-order valence-electron chi connectivity index (χ1n) is 5.69. The second kappa shape index (κ2) is 5.97. The molecule has 0 spiro atoms. The number of nitrogens with one attached hydrogen (secondary N) is 1. The summed E-state index contributed by atoms with van der Waals surface area (Å²) in [6.45, 7) is 3.72. The van der Waals surface area contributed by atoms with Crippen LogP contribution in [0.4, 0.5) is 8.78 Å². The van der Waals surface area contributed by atoms with Crippen molar-refractivity contribution in [1.29, 1.82) is 0 Å². The minimum atomic E-state index is -0.481. The maximum absolute atomic E-state index is 13.5. The molecule has 0 atom stereocenters. The van der Waals surface area contributed by atoms with Crippen molar-refractivity contribution in [2.24, 2.45) is 0 Å². The molecule has 6 heteroatoms. The van der Waals surface area contributed by atoms with Crippen molar-refractivity contribution in [1.82, 2.24) is 15.5 Å². The number of aromatic nitrogens is 2. The Kier molecular flexibility index (Phi) is 4.33.